The molecule has 0 saturated heterocycles. The van der Waals surface area contributed by atoms with Gasteiger partial charge in [-0.25, -0.2) is 13.1 Å². The number of nitrogens with zero attached hydrogens (tertiary/aromatic N) is 1. The highest BCUT2D eigenvalue weighted by Gasteiger charge is 2.55. The zero-order chi connectivity index (χ0) is 15.6. The minimum Gasteiger partial charge on any atom is -0.497 e. The topological polar surface area (TPSA) is 68.3 Å². The predicted molar refractivity (Wildman–Crippen MR) is 83.9 cm³/mol. The van der Waals surface area contributed by atoms with Crippen LogP contribution in [-0.4, -0.2) is 20.5 Å². The van der Waals surface area contributed by atoms with Crippen molar-refractivity contribution in [3.63, 3.8) is 0 Å². The van der Waals surface area contributed by atoms with Crippen LogP contribution in [-0.2, 0) is 21.3 Å². The van der Waals surface area contributed by atoms with Crippen LogP contribution in [0.25, 0.3) is 0 Å². The Balaban J connectivity index is 1.74. The summed E-state index contributed by atoms with van der Waals surface area (Å²) in [6.07, 6.45) is 4.56. The van der Waals surface area contributed by atoms with Gasteiger partial charge < -0.3 is 4.74 Å². The summed E-state index contributed by atoms with van der Waals surface area (Å²) in [6.45, 7) is 0.277. The zero-order valence-corrected chi connectivity index (χ0v) is 13.1. The average Bonchev–Trinajstić information content (AvgIpc) is 3.37. The van der Waals surface area contributed by atoms with Crippen LogP contribution in [0.15, 0.2) is 48.8 Å². The first kappa shape index (κ1) is 15.0. The molecule has 22 heavy (non-hydrogen) atoms. The molecule has 1 aromatic carbocycles. The molecule has 0 atom stereocenters. The van der Waals surface area contributed by atoms with Gasteiger partial charge in [0, 0.05) is 18.9 Å². The Hall–Kier alpha value is -1.92. The molecule has 1 heterocycles. The van der Waals surface area contributed by atoms with Crippen molar-refractivity contribution in [2.45, 2.75) is 24.1 Å². The Morgan fingerprint density at radius 1 is 1.14 bits per heavy atom. The quantitative estimate of drug-likeness (QED) is 0.886. The van der Waals surface area contributed by atoms with Gasteiger partial charge in [-0.3, -0.25) is 4.98 Å². The Morgan fingerprint density at radius 3 is 2.32 bits per heavy atom. The summed E-state index contributed by atoms with van der Waals surface area (Å²) in [4.78, 5) is 3.95. The molecule has 1 saturated carbocycles. The number of pyridine rings is 1. The minimum atomic E-state index is -3.42. The second-order valence-corrected chi connectivity index (χ2v) is 7.48. The Morgan fingerprint density at radius 2 is 1.77 bits per heavy atom. The van der Waals surface area contributed by atoms with Crippen molar-refractivity contribution in [1.29, 1.82) is 0 Å². The van der Waals surface area contributed by atoms with E-state index in [-0.39, 0.29) is 6.54 Å². The Kier molecular flexibility index (Phi) is 3.88. The second-order valence-electron chi connectivity index (χ2n) is 5.40. The van der Waals surface area contributed by atoms with Crippen LogP contribution in [0.2, 0.25) is 0 Å². The zero-order valence-electron chi connectivity index (χ0n) is 12.3. The maximum atomic E-state index is 12.7. The van der Waals surface area contributed by atoms with E-state index in [4.69, 9.17) is 4.74 Å². The summed E-state index contributed by atoms with van der Waals surface area (Å²) in [5, 5.41) is 0. The number of methoxy groups -OCH3 is 1. The van der Waals surface area contributed by atoms with Gasteiger partial charge in [-0.15, -0.1) is 0 Å². The molecule has 0 bridgehead atoms. The van der Waals surface area contributed by atoms with E-state index >= 15 is 0 Å². The monoisotopic (exact) mass is 318 g/mol. The Bertz CT molecular complexity index is 739. The molecule has 6 heteroatoms. The molecule has 1 fully saturated rings. The van der Waals surface area contributed by atoms with Crippen molar-refractivity contribution < 1.29 is 13.2 Å². The highest BCUT2D eigenvalue weighted by atomic mass is 32.2. The van der Waals surface area contributed by atoms with Gasteiger partial charge in [0.25, 0.3) is 0 Å². The lowest BCUT2D eigenvalue weighted by Gasteiger charge is -2.17. The van der Waals surface area contributed by atoms with Gasteiger partial charge in [0.05, 0.1) is 7.11 Å². The fraction of sp³-hybridized carbons (Fsp3) is 0.312. The van der Waals surface area contributed by atoms with Crippen molar-refractivity contribution in [2.24, 2.45) is 0 Å². The molecule has 3 rings (SSSR count). The lowest BCUT2D eigenvalue weighted by Crippen LogP contribution is -2.34. The van der Waals surface area contributed by atoms with Crippen LogP contribution >= 0.6 is 0 Å². The van der Waals surface area contributed by atoms with E-state index in [1.165, 1.54) is 0 Å². The number of rotatable bonds is 6. The number of sulfonamides is 1. The van der Waals surface area contributed by atoms with Crippen LogP contribution in [0, 0.1) is 0 Å². The molecule has 0 aliphatic heterocycles. The Labute approximate surface area is 130 Å². The van der Waals surface area contributed by atoms with Gasteiger partial charge >= 0.3 is 0 Å². The van der Waals surface area contributed by atoms with Crippen LogP contribution in [0.5, 0.6) is 5.75 Å². The molecule has 0 radical (unpaired) electrons. The summed E-state index contributed by atoms with van der Waals surface area (Å²) in [7, 11) is -1.82. The first-order valence-corrected chi connectivity index (χ1v) is 8.58. The molecule has 116 valence electrons. The van der Waals surface area contributed by atoms with Crippen molar-refractivity contribution >= 4 is 10.0 Å². The van der Waals surface area contributed by atoms with Crippen molar-refractivity contribution in [2.75, 3.05) is 7.11 Å². The normalized spacial score (nSPS) is 16.2. The standard InChI is InChI=1S/C16H18N2O3S/c1-21-15-4-2-13(3-5-15)12-18-22(19,20)16(8-9-16)14-6-10-17-11-7-14/h2-7,10-11,18H,8-9,12H2,1H3. The first-order chi connectivity index (χ1) is 10.6. The maximum absolute atomic E-state index is 12.7. The molecule has 0 unspecified atom stereocenters. The molecule has 1 aromatic heterocycles. The number of benzene rings is 1. The molecular formula is C16H18N2O3S. The summed E-state index contributed by atoms with van der Waals surface area (Å²) in [5.74, 6) is 0.752. The third-order valence-corrected chi connectivity index (χ3v) is 6.25. The largest absolute Gasteiger partial charge is 0.497 e. The van der Waals surface area contributed by atoms with Gasteiger partial charge in [0.1, 0.15) is 10.5 Å². The molecule has 5 nitrogen and oxygen atoms in total. The highest BCUT2D eigenvalue weighted by molar-refractivity contribution is 7.90. The van der Waals surface area contributed by atoms with E-state index in [2.05, 4.69) is 9.71 Å². The van der Waals surface area contributed by atoms with E-state index < -0.39 is 14.8 Å². The molecule has 0 spiro atoms. The van der Waals surface area contributed by atoms with E-state index in [1.54, 1.807) is 31.6 Å². The molecule has 1 aliphatic rings. The summed E-state index contributed by atoms with van der Waals surface area (Å²) in [6, 6.07) is 10.9. The van der Waals surface area contributed by atoms with Crippen LogP contribution in [0.3, 0.4) is 0 Å². The van der Waals surface area contributed by atoms with E-state index in [0.717, 1.165) is 16.9 Å². The lowest BCUT2D eigenvalue weighted by atomic mass is 10.2. The van der Waals surface area contributed by atoms with Crippen molar-refractivity contribution in [1.82, 2.24) is 9.71 Å². The SMILES string of the molecule is COc1ccc(CNS(=O)(=O)C2(c3ccncc3)CC2)cc1. The fourth-order valence-corrected chi connectivity index (χ4v) is 4.26. The van der Waals surface area contributed by atoms with Gasteiger partial charge in [-0.1, -0.05) is 12.1 Å². The molecule has 0 amide bonds. The van der Waals surface area contributed by atoms with E-state index in [9.17, 15) is 8.42 Å². The van der Waals surface area contributed by atoms with Crippen LogP contribution in [0.4, 0.5) is 0 Å². The van der Waals surface area contributed by atoms with Crippen LogP contribution < -0.4 is 9.46 Å². The summed E-state index contributed by atoms with van der Waals surface area (Å²) in [5.41, 5.74) is 1.71. The third kappa shape index (κ3) is 2.71. The second kappa shape index (κ2) is 5.70. The number of ether oxygens (including phenoxy) is 1. The van der Waals surface area contributed by atoms with Gasteiger partial charge in [0.2, 0.25) is 10.0 Å². The lowest BCUT2D eigenvalue weighted by molar-refractivity contribution is 0.414. The van der Waals surface area contributed by atoms with Gasteiger partial charge in [0.15, 0.2) is 0 Å². The van der Waals surface area contributed by atoms with E-state index in [0.29, 0.717) is 12.8 Å². The number of aromatic nitrogens is 1. The molecular weight excluding hydrogens is 300 g/mol. The summed E-state index contributed by atoms with van der Waals surface area (Å²) < 4.78 is 32.3. The number of hydrogen-bond acceptors (Lipinski definition) is 4. The number of hydrogen-bond donors (Lipinski definition) is 1. The smallest absolute Gasteiger partial charge is 0.221 e. The van der Waals surface area contributed by atoms with Crippen LogP contribution in [0.1, 0.15) is 24.0 Å². The predicted octanol–water partition coefficient (Wildman–Crippen LogP) is 2.20. The minimum absolute atomic E-state index is 0.277. The molecule has 2 aromatic rings. The van der Waals surface area contributed by atoms with Crippen molar-refractivity contribution in [3.8, 4) is 5.75 Å². The van der Waals surface area contributed by atoms with Gasteiger partial charge in [-0.2, -0.15) is 0 Å². The molecule has 1 N–H and O–H groups in total. The maximum Gasteiger partial charge on any atom is 0.221 e. The molecule has 1 aliphatic carbocycles. The highest BCUT2D eigenvalue weighted by Crippen LogP contribution is 2.52. The first-order valence-electron chi connectivity index (χ1n) is 7.10. The number of nitrogens with one attached hydrogen (secondary N) is 1. The van der Waals surface area contributed by atoms with E-state index in [1.807, 2.05) is 24.3 Å². The fourth-order valence-electron chi connectivity index (χ4n) is 2.54. The summed E-state index contributed by atoms with van der Waals surface area (Å²) >= 11 is 0. The van der Waals surface area contributed by atoms with Crippen molar-refractivity contribution in [3.05, 3.63) is 59.9 Å². The average molecular weight is 318 g/mol. The van der Waals surface area contributed by atoms with Gasteiger partial charge in [-0.05, 0) is 48.2 Å². The third-order valence-electron chi connectivity index (χ3n) is 4.05.